The molecule has 1 aromatic rings. The first-order chi connectivity index (χ1) is 8.61. The molecule has 100 valence electrons. The molecular weight excluding hydrogens is 230 g/mol. The average Bonchev–Trinajstić information content (AvgIpc) is 2.35. The number of phenols is 1. The maximum absolute atomic E-state index is 10.8. The average molecular weight is 251 g/mol. The van der Waals surface area contributed by atoms with E-state index in [-0.39, 0.29) is 17.4 Å². The smallest absolute Gasteiger partial charge is 0.310 e. The predicted molar refractivity (Wildman–Crippen MR) is 71.9 cm³/mol. The zero-order valence-electron chi connectivity index (χ0n) is 11.1. The van der Waals surface area contributed by atoms with Crippen LogP contribution < -0.4 is 0 Å². The molecule has 18 heavy (non-hydrogen) atoms. The molecule has 0 fully saturated rings. The molecule has 0 aliphatic heterocycles. The van der Waals surface area contributed by atoms with Gasteiger partial charge in [-0.2, -0.15) is 0 Å². The van der Waals surface area contributed by atoms with Crippen molar-refractivity contribution in [2.75, 3.05) is 0 Å². The monoisotopic (exact) mass is 251 g/mol. The van der Waals surface area contributed by atoms with E-state index in [1.54, 1.807) is 12.1 Å². The van der Waals surface area contributed by atoms with Crippen LogP contribution >= 0.6 is 0 Å². The highest BCUT2D eigenvalue weighted by Crippen LogP contribution is 2.37. The second-order valence-electron chi connectivity index (χ2n) is 4.57. The Labute approximate surface area is 108 Å². The number of nitrogens with zero attached hydrogens (tertiary/aromatic N) is 1. The van der Waals surface area contributed by atoms with Crippen molar-refractivity contribution in [2.45, 2.75) is 51.9 Å². The summed E-state index contributed by atoms with van der Waals surface area (Å²) in [6.45, 7) is 4.20. The summed E-state index contributed by atoms with van der Waals surface area (Å²) in [7, 11) is 0. The Kier molecular flexibility index (Phi) is 5.62. The van der Waals surface area contributed by atoms with Crippen LogP contribution in [0.1, 0.15) is 57.4 Å². The molecule has 1 unspecified atom stereocenters. The highest BCUT2D eigenvalue weighted by Gasteiger charge is 2.21. The second-order valence-corrected chi connectivity index (χ2v) is 4.57. The van der Waals surface area contributed by atoms with Gasteiger partial charge in [0.25, 0.3) is 0 Å². The third kappa shape index (κ3) is 3.45. The van der Waals surface area contributed by atoms with E-state index in [9.17, 15) is 15.2 Å². The Bertz CT molecular complexity index is 404. The van der Waals surface area contributed by atoms with Crippen LogP contribution in [0.2, 0.25) is 0 Å². The lowest BCUT2D eigenvalue weighted by Crippen LogP contribution is -2.00. The lowest BCUT2D eigenvalue weighted by Gasteiger charge is -2.16. The van der Waals surface area contributed by atoms with Crippen molar-refractivity contribution in [3.63, 3.8) is 0 Å². The fourth-order valence-corrected chi connectivity index (χ4v) is 2.25. The number of benzene rings is 1. The third-order valence-electron chi connectivity index (χ3n) is 3.33. The summed E-state index contributed by atoms with van der Waals surface area (Å²) in [6, 6.07) is 4.79. The van der Waals surface area contributed by atoms with Crippen molar-refractivity contribution in [2.24, 2.45) is 0 Å². The first kappa shape index (κ1) is 14.5. The van der Waals surface area contributed by atoms with Crippen molar-refractivity contribution < 1.29 is 10.0 Å². The number of nitro groups is 1. The molecule has 0 aliphatic rings. The fourth-order valence-electron chi connectivity index (χ4n) is 2.25. The lowest BCUT2D eigenvalue weighted by atomic mass is 9.90. The summed E-state index contributed by atoms with van der Waals surface area (Å²) < 4.78 is 0. The number of para-hydroxylation sites is 1. The molecule has 0 saturated heterocycles. The predicted octanol–water partition coefficient (Wildman–Crippen LogP) is 4.37. The lowest BCUT2D eigenvalue weighted by molar-refractivity contribution is -0.386. The van der Waals surface area contributed by atoms with E-state index < -0.39 is 4.92 Å². The normalized spacial score (nSPS) is 12.3. The maximum atomic E-state index is 10.8. The molecule has 4 nitrogen and oxygen atoms in total. The molecule has 0 amide bonds. The maximum Gasteiger partial charge on any atom is 0.310 e. The molecule has 0 spiro atoms. The van der Waals surface area contributed by atoms with Crippen LogP contribution in [0.4, 0.5) is 5.69 Å². The van der Waals surface area contributed by atoms with Gasteiger partial charge in [-0.1, -0.05) is 45.2 Å². The number of rotatable bonds is 7. The fraction of sp³-hybridized carbons (Fsp3) is 0.571. The minimum absolute atomic E-state index is 0.161. The van der Waals surface area contributed by atoms with E-state index in [0.717, 1.165) is 32.1 Å². The third-order valence-corrected chi connectivity index (χ3v) is 3.33. The van der Waals surface area contributed by atoms with Gasteiger partial charge in [0.05, 0.1) is 4.92 Å². The number of hydrogen-bond acceptors (Lipinski definition) is 3. The molecule has 1 N–H and O–H groups in total. The highest BCUT2D eigenvalue weighted by atomic mass is 16.6. The molecule has 1 aromatic carbocycles. The van der Waals surface area contributed by atoms with E-state index in [1.165, 1.54) is 6.07 Å². The van der Waals surface area contributed by atoms with Crippen molar-refractivity contribution in [3.05, 3.63) is 33.9 Å². The number of phenolic OH excluding ortho intramolecular Hbond substituents is 1. The zero-order valence-corrected chi connectivity index (χ0v) is 11.1. The van der Waals surface area contributed by atoms with Gasteiger partial charge in [-0.25, -0.2) is 0 Å². The standard InChI is InChI=1S/C14H21NO3/c1-3-5-6-8-11(4-2)12-9-7-10-13(14(12)16)15(17)18/h7,9-11,16H,3-6,8H2,1-2H3. The Morgan fingerprint density at radius 2 is 2.06 bits per heavy atom. The summed E-state index contributed by atoms with van der Waals surface area (Å²) in [5, 5.41) is 20.8. The van der Waals surface area contributed by atoms with E-state index in [4.69, 9.17) is 0 Å². The van der Waals surface area contributed by atoms with Crippen molar-refractivity contribution in [1.82, 2.24) is 0 Å². The molecule has 1 atom stereocenters. The van der Waals surface area contributed by atoms with Gasteiger partial charge in [-0.05, 0) is 18.8 Å². The molecule has 0 aromatic heterocycles. The Balaban J connectivity index is 2.92. The minimum atomic E-state index is -0.530. The van der Waals surface area contributed by atoms with Crippen LogP contribution in [0.5, 0.6) is 5.75 Å². The summed E-state index contributed by atoms with van der Waals surface area (Å²) in [5.74, 6) is 0.0438. The largest absolute Gasteiger partial charge is 0.502 e. The zero-order chi connectivity index (χ0) is 13.5. The second kappa shape index (κ2) is 6.99. The van der Waals surface area contributed by atoms with E-state index in [2.05, 4.69) is 13.8 Å². The van der Waals surface area contributed by atoms with Crippen molar-refractivity contribution in [3.8, 4) is 5.75 Å². The molecule has 1 rings (SSSR count). The van der Waals surface area contributed by atoms with Gasteiger partial charge in [0.2, 0.25) is 0 Å². The molecule has 0 saturated carbocycles. The van der Waals surface area contributed by atoms with Crippen molar-refractivity contribution >= 4 is 5.69 Å². The van der Waals surface area contributed by atoms with E-state index in [1.807, 2.05) is 0 Å². The van der Waals surface area contributed by atoms with Gasteiger partial charge in [0.15, 0.2) is 5.75 Å². The van der Waals surface area contributed by atoms with E-state index in [0.29, 0.717) is 5.56 Å². The van der Waals surface area contributed by atoms with Gasteiger partial charge in [0, 0.05) is 11.6 Å². The number of hydrogen-bond donors (Lipinski definition) is 1. The molecule has 0 aliphatic carbocycles. The van der Waals surface area contributed by atoms with Crippen LogP contribution in [-0.4, -0.2) is 10.0 Å². The molecule has 0 bridgehead atoms. The minimum Gasteiger partial charge on any atom is -0.502 e. The topological polar surface area (TPSA) is 63.4 Å². The Morgan fingerprint density at radius 1 is 1.33 bits per heavy atom. The number of aromatic hydroxyl groups is 1. The summed E-state index contributed by atoms with van der Waals surface area (Å²) >= 11 is 0. The first-order valence-corrected chi connectivity index (χ1v) is 6.58. The van der Waals surface area contributed by atoms with Crippen LogP contribution in [0.25, 0.3) is 0 Å². The Hall–Kier alpha value is -1.58. The van der Waals surface area contributed by atoms with Crippen LogP contribution in [0, 0.1) is 10.1 Å². The Morgan fingerprint density at radius 3 is 2.61 bits per heavy atom. The molecular formula is C14H21NO3. The van der Waals surface area contributed by atoms with Gasteiger partial charge >= 0.3 is 5.69 Å². The molecule has 0 radical (unpaired) electrons. The molecule has 4 heteroatoms. The van der Waals surface area contributed by atoms with Gasteiger partial charge in [0.1, 0.15) is 0 Å². The summed E-state index contributed by atoms with van der Waals surface area (Å²) in [6.07, 6.45) is 5.26. The van der Waals surface area contributed by atoms with Gasteiger partial charge in [-0.3, -0.25) is 10.1 Å². The first-order valence-electron chi connectivity index (χ1n) is 6.58. The van der Waals surface area contributed by atoms with Gasteiger partial charge in [-0.15, -0.1) is 0 Å². The summed E-state index contributed by atoms with van der Waals surface area (Å²) in [4.78, 5) is 10.3. The number of unbranched alkanes of at least 4 members (excludes halogenated alkanes) is 2. The SMILES string of the molecule is CCCCCC(CC)c1cccc([N+](=O)[O-])c1O. The molecule has 0 heterocycles. The van der Waals surface area contributed by atoms with Crippen LogP contribution in [0.3, 0.4) is 0 Å². The quantitative estimate of drug-likeness (QED) is 0.444. The van der Waals surface area contributed by atoms with Crippen molar-refractivity contribution in [1.29, 1.82) is 0 Å². The van der Waals surface area contributed by atoms with Crippen LogP contribution in [0.15, 0.2) is 18.2 Å². The van der Waals surface area contributed by atoms with Crippen LogP contribution in [-0.2, 0) is 0 Å². The van der Waals surface area contributed by atoms with Gasteiger partial charge < -0.3 is 5.11 Å². The highest BCUT2D eigenvalue weighted by molar-refractivity contribution is 5.51. The number of nitro benzene ring substituents is 1. The summed E-state index contributed by atoms with van der Waals surface area (Å²) in [5.41, 5.74) is 0.518. The van der Waals surface area contributed by atoms with E-state index >= 15 is 0 Å².